The molecule has 1 aliphatic rings. The fourth-order valence-corrected chi connectivity index (χ4v) is 3.66. The number of fused-ring (bicyclic) bond motifs is 1. The fraction of sp³-hybridized carbons (Fsp3) is 0.240. The van der Waals surface area contributed by atoms with Crippen molar-refractivity contribution in [1.29, 1.82) is 0 Å². The quantitative estimate of drug-likeness (QED) is 0.482. The Hall–Kier alpha value is -3.31. The van der Waals surface area contributed by atoms with Crippen LogP contribution in [0.5, 0.6) is 0 Å². The summed E-state index contributed by atoms with van der Waals surface area (Å²) < 4.78 is 0. The number of amides is 1. The van der Waals surface area contributed by atoms with Crippen molar-refractivity contribution in [2.75, 3.05) is 32.7 Å². The monoisotopic (exact) mass is 399 g/mol. The number of carbonyl (C=O) groups is 2. The Labute approximate surface area is 176 Å². The predicted molar refractivity (Wildman–Crippen MR) is 120 cm³/mol. The molecule has 0 saturated carbocycles. The first kappa shape index (κ1) is 20.0. The molecule has 5 heteroatoms. The van der Waals surface area contributed by atoms with Crippen molar-refractivity contribution in [1.82, 2.24) is 14.8 Å². The molecule has 1 aliphatic heterocycles. The topological polar surface area (TPSA) is 53.5 Å². The summed E-state index contributed by atoms with van der Waals surface area (Å²) in [4.78, 5) is 34.0. The van der Waals surface area contributed by atoms with Gasteiger partial charge in [-0.3, -0.25) is 9.59 Å². The summed E-state index contributed by atoms with van der Waals surface area (Å²) >= 11 is 0. The third-order valence-electron chi connectivity index (χ3n) is 5.55. The van der Waals surface area contributed by atoms with Gasteiger partial charge in [0.2, 0.25) is 0 Å². The first-order chi connectivity index (χ1) is 14.6. The van der Waals surface area contributed by atoms with Crippen LogP contribution in [0, 0.1) is 0 Å². The van der Waals surface area contributed by atoms with Crippen molar-refractivity contribution >= 4 is 28.7 Å². The van der Waals surface area contributed by atoms with Crippen LogP contribution in [0.4, 0.5) is 0 Å². The van der Waals surface area contributed by atoms with Crippen LogP contribution in [0.1, 0.15) is 33.3 Å². The minimum Gasteiger partial charge on any atom is -0.336 e. The summed E-state index contributed by atoms with van der Waals surface area (Å²) in [7, 11) is 0. The van der Waals surface area contributed by atoms with E-state index < -0.39 is 0 Å². The van der Waals surface area contributed by atoms with Gasteiger partial charge < -0.3 is 9.80 Å². The van der Waals surface area contributed by atoms with Crippen LogP contribution in [0.2, 0.25) is 0 Å². The number of allylic oxidation sites excluding steroid dienone is 1. The van der Waals surface area contributed by atoms with Gasteiger partial charge in [0.05, 0.1) is 11.2 Å². The van der Waals surface area contributed by atoms with E-state index in [0.29, 0.717) is 11.1 Å². The second-order valence-electron chi connectivity index (χ2n) is 7.43. The zero-order chi connectivity index (χ0) is 20.9. The molecule has 4 rings (SSSR count). The van der Waals surface area contributed by atoms with Crippen LogP contribution >= 0.6 is 0 Å². The number of nitrogens with zero attached hydrogens (tertiary/aromatic N) is 3. The lowest BCUT2D eigenvalue weighted by Gasteiger charge is -2.34. The molecule has 0 atom stereocenters. The summed E-state index contributed by atoms with van der Waals surface area (Å²) in [6.45, 7) is 6.46. The number of piperazine rings is 1. The largest absolute Gasteiger partial charge is 0.336 e. The third-order valence-corrected chi connectivity index (χ3v) is 5.55. The average molecular weight is 399 g/mol. The highest BCUT2D eigenvalue weighted by Crippen LogP contribution is 2.14. The van der Waals surface area contributed by atoms with Gasteiger partial charge in [0.1, 0.15) is 0 Å². The Kier molecular flexibility index (Phi) is 6.00. The number of para-hydroxylation sites is 1. The Morgan fingerprint density at radius 2 is 1.60 bits per heavy atom. The predicted octanol–water partition coefficient (Wildman–Crippen LogP) is 3.91. The van der Waals surface area contributed by atoms with Gasteiger partial charge in [-0.05, 0) is 43.0 Å². The summed E-state index contributed by atoms with van der Waals surface area (Å²) in [5.74, 6) is -0.0822. The van der Waals surface area contributed by atoms with Crippen molar-refractivity contribution in [2.45, 2.75) is 6.92 Å². The van der Waals surface area contributed by atoms with E-state index in [2.05, 4.69) is 16.8 Å². The number of benzene rings is 2. The van der Waals surface area contributed by atoms with E-state index in [0.717, 1.165) is 49.3 Å². The van der Waals surface area contributed by atoms with Crippen molar-refractivity contribution in [3.63, 3.8) is 0 Å². The van der Waals surface area contributed by atoms with Gasteiger partial charge in [-0.25, -0.2) is 4.98 Å². The molecule has 2 heterocycles. The van der Waals surface area contributed by atoms with Crippen LogP contribution in [-0.2, 0) is 0 Å². The Morgan fingerprint density at radius 1 is 0.900 bits per heavy atom. The van der Waals surface area contributed by atoms with Gasteiger partial charge in [0, 0.05) is 42.7 Å². The van der Waals surface area contributed by atoms with E-state index in [4.69, 9.17) is 0 Å². The lowest BCUT2D eigenvalue weighted by molar-refractivity contribution is 0.0643. The number of carbonyl (C=O) groups excluding carboxylic acids is 2. The van der Waals surface area contributed by atoms with Gasteiger partial charge in [-0.1, -0.05) is 43.3 Å². The highest BCUT2D eigenvalue weighted by Gasteiger charge is 2.21. The van der Waals surface area contributed by atoms with Gasteiger partial charge in [-0.2, -0.15) is 0 Å². The molecule has 152 valence electrons. The van der Waals surface area contributed by atoms with Gasteiger partial charge in [0.25, 0.3) is 5.91 Å². The molecule has 0 aliphatic carbocycles. The molecule has 0 bridgehead atoms. The van der Waals surface area contributed by atoms with Crippen LogP contribution in [0.15, 0.2) is 66.7 Å². The maximum absolute atomic E-state index is 12.7. The number of rotatable bonds is 5. The average Bonchev–Trinajstić information content (AvgIpc) is 2.82. The van der Waals surface area contributed by atoms with E-state index in [9.17, 15) is 9.59 Å². The second-order valence-corrected chi connectivity index (χ2v) is 7.43. The number of hydrogen-bond donors (Lipinski definition) is 0. The minimum atomic E-state index is -0.111. The van der Waals surface area contributed by atoms with Crippen LogP contribution < -0.4 is 0 Å². The minimum absolute atomic E-state index is 0.0284. The SMILES string of the molecule is CCN1CCN(C(=O)c2ccc(C(=O)/C=C/c3ccc4ccccc4n3)cc2)CC1. The summed E-state index contributed by atoms with van der Waals surface area (Å²) in [5, 5.41) is 1.07. The normalized spacial score (nSPS) is 15.0. The molecule has 0 radical (unpaired) electrons. The van der Waals surface area contributed by atoms with E-state index in [1.54, 1.807) is 30.3 Å². The lowest BCUT2D eigenvalue weighted by Crippen LogP contribution is -2.48. The number of hydrogen-bond acceptors (Lipinski definition) is 4. The van der Waals surface area contributed by atoms with Crippen molar-refractivity contribution in [3.05, 3.63) is 83.6 Å². The molecule has 0 spiro atoms. The molecular weight excluding hydrogens is 374 g/mol. The van der Waals surface area contributed by atoms with E-state index >= 15 is 0 Å². The van der Waals surface area contributed by atoms with Gasteiger partial charge in [0.15, 0.2) is 5.78 Å². The molecule has 1 aromatic heterocycles. The first-order valence-electron chi connectivity index (χ1n) is 10.3. The Morgan fingerprint density at radius 3 is 2.33 bits per heavy atom. The van der Waals surface area contributed by atoms with E-state index in [1.807, 2.05) is 41.3 Å². The fourth-order valence-electron chi connectivity index (χ4n) is 3.66. The number of pyridine rings is 1. The van der Waals surface area contributed by atoms with Crippen molar-refractivity contribution in [2.24, 2.45) is 0 Å². The molecule has 1 amide bonds. The van der Waals surface area contributed by atoms with Gasteiger partial charge >= 0.3 is 0 Å². The van der Waals surface area contributed by atoms with Crippen LogP contribution in [0.3, 0.4) is 0 Å². The number of likely N-dealkylation sites (N-methyl/N-ethyl adjacent to an activating group) is 1. The van der Waals surface area contributed by atoms with Gasteiger partial charge in [-0.15, -0.1) is 0 Å². The van der Waals surface area contributed by atoms with E-state index in [1.165, 1.54) is 6.08 Å². The zero-order valence-electron chi connectivity index (χ0n) is 17.1. The van der Waals surface area contributed by atoms with Crippen LogP contribution in [-0.4, -0.2) is 59.2 Å². The molecule has 30 heavy (non-hydrogen) atoms. The molecule has 5 nitrogen and oxygen atoms in total. The van der Waals surface area contributed by atoms with E-state index in [-0.39, 0.29) is 11.7 Å². The molecule has 1 saturated heterocycles. The molecule has 0 unspecified atom stereocenters. The summed E-state index contributed by atoms with van der Waals surface area (Å²) in [6, 6.07) is 18.7. The Balaban J connectivity index is 1.41. The van der Waals surface area contributed by atoms with Crippen molar-refractivity contribution in [3.8, 4) is 0 Å². The second kappa shape index (κ2) is 9.01. The summed E-state index contributed by atoms with van der Waals surface area (Å²) in [5.41, 5.74) is 2.81. The maximum Gasteiger partial charge on any atom is 0.253 e. The molecule has 2 aromatic carbocycles. The maximum atomic E-state index is 12.7. The standard InChI is InChI=1S/C25H25N3O2/c1-2-27-15-17-28(18-16-27)25(30)21-9-7-20(8-10-21)24(29)14-13-22-12-11-19-5-3-4-6-23(19)26-22/h3-14H,2,15-18H2,1H3/b14-13+. The van der Waals surface area contributed by atoms with Crippen LogP contribution in [0.25, 0.3) is 17.0 Å². The zero-order valence-corrected chi connectivity index (χ0v) is 17.1. The molecule has 3 aromatic rings. The number of aromatic nitrogens is 1. The highest BCUT2D eigenvalue weighted by atomic mass is 16.2. The summed E-state index contributed by atoms with van der Waals surface area (Å²) in [6.07, 6.45) is 3.25. The highest BCUT2D eigenvalue weighted by molar-refractivity contribution is 6.07. The lowest BCUT2D eigenvalue weighted by atomic mass is 10.1. The molecule has 1 fully saturated rings. The Bertz CT molecular complexity index is 1080. The third kappa shape index (κ3) is 4.47. The molecular formula is C25H25N3O2. The molecule has 0 N–H and O–H groups in total. The smallest absolute Gasteiger partial charge is 0.253 e. The number of ketones is 1. The first-order valence-corrected chi connectivity index (χ1v) is 10.3. The van der Waals surface area contributed by atoms with Crippen molar-refractivity contribution < 1.29 is 9.59 Å².